The zero-order valence-electron chi connectivity index (χ0n) is 5.08. The molecule has 0 aromatic carbocycles. The van der Waals surface area contributed by atoms with Gasteiger partial charge in [-0.1, -0.05) is 0 Å². The number of hydrogen-bond acceptors (Lipinski definition) is 0. The van der Waals surface area contributed by atoms with Crippen LogP contribution in [0.2, 0.25) is 0 Å². The summed E-state index contributed by atoms with van der Waals surface area (Å²) >= 11 is 0. The Balaban J connectivity index is 3.72. The zero-order valence-corrected chi connectivity index (χ0v) is 5.08. The largest absolute Gasteiger partial charge is 0.187 e. The maximum Gasteiger partial charge on any atom is 0.187 e. The molecule has 0 aliphatic carbocycles. The molecule has 0 aromatic heterocycles. The normalized spacial score (nSPS) is 9.57. The highest BCUT2D eigenvalue weighted by Crippen LogP contribution is 2.08. The van der Waals surface area contributed by atoms with Crippen LogP contribution in [0.1, 0.15) is 20.8 Å². The van der Waals surface area contributed by atoms with Crippen LogP contribution in [0.15, 0.2) is 0 Å². The maximum atomic E-state index is 4.95. The van der Waals surface area contributed by atoms with Crippen LogP contribution in [-0.4, -0.2) is 7.85 Å². The van der Waals surface area contributed by atoms with E-state index in [9.17, 15) is 0 Å². The van der Waals surface area contributed by atoms with Crippen molar-refractivity contribution in [2.75, 3.05) is 0 Å². The molecule has 36 valence electrons. The Hall–Kier alpha value is -0.375. The van der Waals surface area contributed by atoms with Gasteiger partial charge in [0.2, 0.25) is 0 Å². The molecule has 0 aromatic rings. The minimum Gasteiger partial charge on any atom is -0.172 e. The molecule has 0 atom stereocenters. The van der Waals surface area contributed by atoms with E-state index in [1.807, 2.05) is 20.8 Å². The highest BCUT2D eigenvalue weighted by molar-refractivity contribution is 6.22. The van der Waals surface area contributed by atoms with Gasteiger partial charge in [-0.2, -0.15) is 5.82 Å². The van der Waals surface area contributed by atoms with E-state index in [1.54, 1.807) is 0 Å². The van der Waals surface area contributed by atoms with Gasteiger partial charge in [0.05, 0.1) is 0 Å². The average molecular weight is 91.9 g/mol. The minimum atomic E-state index is 0.0642. The van der Waals surface area contributed by atoms with Gasteiger partial charge in [0.15, 0.2) is 7.85 Å². The Labute approximate surface area is 46.7 Å². The minimum absolute atomic E-state index is 0.0642. The van der Waals surface area contributed by atoms with Crippen molar-refractivity contribution < 1.29 is 0 Å². The number of rotatable bonds is 0. The molecule has 2 radical (unpaired) electrons. The third kappa shape index (κ3) is 5.62. The first-order valence-corrected chi connectivity index (χ1v) is 2.29. The van der Waals surface area contributed by atoms with Gasteiger partial charge in [0, 0.05) is 5.41 Å². The Morgan fingerprint density at radius 3 is 1.71 bits per heavy atom. The van der Waals surface area contributed by atoms with Crippen molar-refractivity contribution in [2.24, 2.45) is 5.41 Å². The fourth-order valence-corrected chi connectivity index (χ4v) is 0.217. The van der Waals surface area contributed by atoms with E-state index in [0.717, 1.165) is 0 Å². The summed E-state index contributed by atoms with van der Waals surface area (Å²) < 4.78 is 0. The Morgan fingerprint density at radius 2 is 1.71 bits per heavy atom. The predicted molar refractivity (Wildman–Crippen MR) is 33.0 cm³/mol. The predicted octanol–water partition coefficient (Wildman–Crippen LogP) is 1.16. The molecule has 7 heavy (non-hydrogen) atoms. The molecule has 0 nitrogen and oxygen atoms in total. The molecule has 0 spiro atoms. The van der Waals surface area contributed by atoms with Gasteiger partial charge in [-0.05, 0) is 20.8 Å². The van der Waals surface area contributed by atoms with E-state index in [1.165, 1.54) is 0 Å². The summed E-state index contributed by atoms with van der Waals surface area (Å²) in [7, 11) is 4.95. The van der Waals surface area contributed by atoms with Crippen LogP contribution < -0.4 is 0 Å². The second-order valence-corrected chi connectivity index (χ2v) is 2.52. The third-order valence-electron chi connectivity index (χ3n) is 0.447. The lowest BCUT2D eigenvalue weighted by Crippen LogP contribution is -1.98. The van der Waals surface area contributed by atoms with Crippen molar-refractivity contribution in [1.82, 2.24) is 0 Å². The van der Waals surface area contributed by atoms with Gasteiger partial charge >= 0.3 is 0 Å². The first-order chi connectivity index (χ1) is 3.06. The van der Waals surface area contributed by atoms with E-state index in [0.29, 0.717) is 0 Å². The van der Waals surface area contributed by atoms with Gasteiger partial charge in [0.25, 0.3) is 0 Å². The first-order valence-electron chi connectivity index (χ1n) is 2.29. The molecule has 0 aliphatic heterocycles. The Kier molecular flexibility index (Phi) is 1.96. The van der Waals surface area contributed by atoms with Crippen molar-refractivity contribution in [3.05, 3.63) is 0 Å². The van der Waals surface area contributed by atoms with Gasteiger partial charge in [0.1, 0.15) is 0 Å². The maximum absolute atomic E-state index is 4.95. The molecular weight excluding hydrogens is 82.9 g/mol. The Bertz CT molecular complexity index is 97.6. The van der Waals surface area contributed by atoms with Crippen LogP contribution in [0.4, 0.5) is 0 Å². The summed E-state index contributed by atoms with van der Waals surface area (Å²) in [5.74, 6) is 5.17. The average Bonchev–Trinajstić information content (AvgIpc) is 1.30. The van der Waals surface area contributed by atoms with Gasteiger partial charge in [-0.25, -0.2) is 0 Å². The lowest BCUT2D eigenvalue weighted by molar-refractivity contribution is 0.571. The fraction of sp³-hybridized carbons (Fsp3) is 0.667. The first kappa shape index (κ1) is 6.62. The summed E-state index contributed by atoms with van der Waals surface area (Å²) in [6, 6.07) is 0. The third-order valence-corrected chi connectivity index (χ3v) is 0.447. The molecule has 0 aliphatic rings. The van der Waals surface area contributed by atoms with Crippen LogP contribution in [0.25, 0.3) is 0 Å². The van der Waals surface area contributed by atoms with E-state index in [2.05, 4.69) is 11.7 Å². The lowest BCUT2D eigenvalue weighted by Gasteiger charge is -2.05. The van der Waals surface area contributed by atoms with Crippen molar-refractivity contribution in [1.29, 1.82) is 0 Å². The van der Waals surface area contributed by atoms with Gasteiger partial charge in [-0.15, -0.1) is 5.92 Å². The highest BCUT2D eigenvalue weighted by atomic mass is 14.0. The summed E-state index contributed by atoms with van der Waals surface area (Å²) in [5.41, 5.74) is 0.0642. The molecule has 0 fully saturated rings. The van der Waals surface area contributed by atoms with Gasteiger partial charge < -0.3 is 0 Å². The summed E-state index contributed by atoms with van der Waals surface area (Å²) in [6.45, 7) is 6.06. The smallest absolute Gasteiger partial charge is 0.172 e. The highest BCUT2D eigenvalue weighted by Gasteiger charge is 2.01. The van der Waals surface area contributed by atoms with Crippen LogP contribution in [0, 0.1) is 17.2 Å². The van der Waals surface area contributed by atoms with Crippen molar-refractivity contribution in [2.45, 2.75) is 20.8 Å². The van der Waals surface area contributed by atoms with E-state index in [4.69, 9.17) is 7.85 Å². The fourth-order valence-electron chi connectivity index (χ4n) is 0.217. The molecular formula is C6H9B. The second-order valence-electron chi connectivity index (χ2n) is 2.52. The SMILES string of the molecule is [B]C#CC(C)(C)C. The van der Waals surface area contributed by atoms with Crippen molar-refractivity contribution in [3.63, 3.8) is 0 Å². The molecule has 0 saturated heterocycles. The van der Waals surface area contributed by atoms with E-state index >= 15 is 0 Å². The molecule has 0 saturated carbocycles. The number of hydrogen-bond donors (Lipinski definition) is 0. The molecule has 0 rings (SSSR count). The standard InChI is InChI=1S/C6H9B/c1-6(2,3)4-5-7/h1-3H3. The monoisotopic (exact) mass is 92.1 g/mol. The summed E-state index contributed by atoms with van der Waals surface area (Å²) in [5, 5.41) is 0. The van der Waals surface area contributed by atoms with E-state index < -0.39 is 0 Å². The van der Waals surface area contributed by atoms with Gasteiger partial charge in [-0.3, -0.25) is 0 Å². The van der Waals surface area contributed by atoms with Crippen LogP contribution in [-0.2, 0) is 0 Å². The van der Waals surface area contributed by atoms with Crippen molar-refractivity contribution in [3.8, 4) is 11.7 Å². The van der Waals surface area contributed by atoms with E-state index in [-0.39, 0.29) is 5.41 Å². The second kappa shape index (κ2) is 2.07. The van der Waals surface area contributed by atoms with Crippen LogP contribution in [0.5, 0.6) is 0 Å². The molecule has 0 amide bonds. The zero-order chi connectivity index (χ0) is 5.91. The van der Waals surface area contributed by atoms with Crippen LogP contribution in [0.3, 0.4) is 0 Å². The molecule has 0 heterocycles. The summed E-state index contributed by atoms with van der Waals surface area (Å²) in [4.78, 5) is 0. The topological polar surface area (TPSA) is 0 Å². The Morgan fingerprint density at radius 1 is 1.29 bits per heavy atom. The summed E-state index contributed by atoms with van der Waals surface area (Å²) in [6.07, 6.45) is 0. The quantitative estimate of drug-likeness (QED) is 0.310. The van der Waals surface area contributed by atoms with Crippen molar-refractivity contribution >= 4 is 7.85 Å². The molecule has 0 bridgehead atoms. The van der Waals surface area contributed by atoms with Crippen LogP contribution >= 0.6 is 0 Å². The molecule has 0 unspecified atom stereocenters. The molecule has 0 N–H and O–H groups in total. The molecule has 1 heteroatoms. The lowest BCUT2D eigenvalue weighted by atomic mass is 9.96.